The summed E-state index contributed by atoms with van der Waals surface area (Å²) < 4.78 is 15.5. The average Bonchev–Trinajstić information content (AvgIpc) is 2.86. The normalized spacial score (nSPS) is 18.5. The molecule has 0 saturated carbocycles. The smallest absolute Gasteiger partial charge is 0.256 e. The van der Waals surface area contributed by atoms with Crippen LogP contribution in [-0.2, 0) is 7.05 Å². The number of amides is 1. The monoisotopic (exact) mass is 300 g/mol. The van der Waals surface area contributed by atoms with E-state index in [1.165, 1.54) is 6.07 Å². The van der Waals surface area contributed by atoms with Crippen molar-refractivity contribution < 1.29 is 9.18 Å². The molecule has 0 N–H and O–H groups in total. The Morgan fingerprint density at radius 2 is 2.09 bits per heavy atom. The van der Waals surface area contributed by atoms with E-state index < -0.39 is 0 Å². The Bertz CT molecular complexity index is 692. The standard InChI is InChI=1S/C18H21FN2O/c1-13-16(9-11-20(13)2)18(22)21-10-4-3-8-17(21)14-6-5-7-15(19)12-14/h5-7,9,11-12,17H,3-4,8,10H2,1-2H3. The van der Waals surface area contributed by atoms with Gasteiger partial charge in [-0.3, -0.25) is 4.79 Å². The number of rotatable bonds is 2. The van der Waals surface area contributed by atoms with Crippen molar-refractivity contribution in [3.05, 3.63) is 59.2 Å². The summed E-state index contributed by atoms with van der Waals surface area (Å²) in [5, 5.41) is 0. The van der Waals surface area contributed by atoms with Crippen LogP contribution in [-0.4, -0.2) is 21.9 Å². The number of carbonyl (C=O) groups excluding carboxylic acids is 1. The van der Waals surface area contributed by atoms with Crippen molar-refractivity contribution in [2.75, 3.05) is 6.54 Å². The van der Waals surface area contributed by atoms with Crippen LogP contribution in [0.1, 0.15) is 46.9 Å². The van der Waals surface area contributed by atoms with Gasteiger partial charge in [-0.2, -0.15) is 0 Å². The fourth-order valence-electron chi connectivity index (χ4n) is 3.22. The van der Waals surface area contributed by atoms with Crippen molar-refractivity contribution in [3.63, 3.8) is 0 Å². The SMILES string of the molecule is Cc1c(C(=O)N2CCCCC2c2cccc(F)c2)ccn1C. The Labute approximate surface area is 130 Å². The van der Waals surface area contributed by atoms with Crippen LogP contribution >= 0.6 is 0 Å². The quantitative estimate of drug-likeness (QED) is 0.827. The molecule has 1 unspecified atom stereocenters. The van der Waals surface area contributed by atoms with Crippen LogP contribution in [0.3, 0.4) is 0 Å². The van der Waals surface area contributed by atoms with E-state index in [1.807, 2.05) is 41.8 Å². The van der Waals surface area contributed by atoms with Gasteiger partial charge in [0.15, 0.2) is 0 Å². The van der Waals surface area contributed by atoms with Crippen molar-refractivity contribution >= 4 is 5.91 Å². The number of piperidine rings is 1. The van der Waals surface area contributed by atoms with Crippen molar-refractivity contribution in [2.45, 2.75) is 32.2 Å². The van der Waals surface area contributed by atoms with E-state index in [-0.39, 0.29) is 17.8 Å². The largest absolute Gasteiger partial charge is 0.354 e. The van der Waals surface area contributed by atoms with Gasteiger partial charge in [0.25, 0.3) is 5.91 Å². The Balaban J connectivity index is 1.93. The van der Waals surface area contributed by atoms with Crippen LogP contribution in [0, 0.1) is 12.7 Å². The molecular formula is C18H21FN2O. The molecule has 1 atom stereocenters. The molecule has 1 aliphatic heterocycles. The van der Waals surface area contributed by atoms with E-state index in [4.69, 9.17) is 0 Å². The second-order valence-electron chi connectivity index (χ2n) is 5.99. The maximum atomic E-state index is 13.5. The molecule has 1 amide bonds. The third-order valence-electron chi connectivity index (χ3n) is 4.61. The minimum atomic E-state index is -0.244. The van der Waals surface area contributed by atoms with E-state index in [1.54, 1.807) is 12.1 Å². The van der Waals surface area contributed by atoms with Crippen LogP contribution in [0.5, 0.6) is 0 Å². The fraction of sp³-hybridized carbons (Fsp3) is 0.389. The molecule has 2 aromatic rings. The summed E-state index contributed by atoms with van der Waals surface area (Å²) in [7, 11) is 1.94. The van der Waals surface area contributed by atoms with E-state index in [0.717, 1.165) is 42.6 Å². The number of benzene rings is 1. The lowest BCUT2D eigenvalue weighted by Crippen LogP contribution is -2.38. The number of carbonyl (C=O) groups is 1. The molecule has 116 valence electrons. The summed E-state index contributed by atoms with van der Waals surface area (Å²) in [6, 6.07) is 8.46. The Morgan fingerprint density at radius 1 is 1.27 bits per heavy atom. The molecule has 0 aliphatic carbocycles. The highest BCUT2D eigenvalue weighted by atomic mass is 19.1. The first kappa shape index (κ1) is 14.8. The number of nitrogens with zero attached hydrogens (tertiary/aromatic N) is 2. The molecule has 0 radical (unpaired) electrons. The second kappa shape index (κ2) is 5.95. The molecule has 1 aromatic carbocycles. The lowest BCUT2D eigenvalue weighted by Gasteiger charge is -2.36. The van der Waals surface area contributed by atoms with Gasteiger partial charge in [0.2, 0.25) is 0 Å². The van der Waals surface area contributed by atoms with E-state index in [9.17, 15) is 9.18 Å². The third kappa shape index (κ3) is 2.65. The summed E-state index contributed by atoms with van der Waals surface area (Å²) in [5.74, 6) is -0.196. The van der Waals surface area contributed by atoms with Gasteiger partial charge in [0.05, 0.1) is 11.6 Å². The minimum Gasteiger partial charge on any atom is -0.354 e. The molecule has 1 fully saturated rings. The first-order valence-corrected chi connectivity index (χ1v) is 7.76. The van der Waals surface area contributed by atoms with Gasteiger partial charge in [-0.05, 0) is 49.9 Å². The first-order chi connectivity index (χ1) is 10.6. The molecule has 1 aliphatic rings. The highest BCUT2D eigenvalue weighted by Gasteiger charge is 2.30. The van der Waals surface area contributed by atoms with Crippen LogP contribution < -0.4 is 0 Å². The zero-order chi connectivity index (χ0) is 15.7. The first-order valence-electron chi connectivity index (χ1n) is 7.76. The number of halogens is 1. The molecule has 3 nitrogen and oxygen atoms in total. The van der Waals surface area contributed by atoms with Gasteiger partial charge < -0.3 is 9.47 Å². The van der Waals surface area contributed by atoms with E-state index in [2.05, 4.69) is 0 Å². The topological polar surface area (TPSA) is 25.2 Å². The number of aryl methyl sites for hydroxylation is 1. The number of hydrogen-bond donors (Lipinski definition) is 0. The van der Waals surface area contributed by atoms with Gasteiger partial charge in [-0.15, -0.1) is 0 Å². The predicted octanol–water partition coefficient (Wildman–Crippen LogP) is 3.84. The molecule has 3 rings (SSSR count). The van der Waals surface area contributed by atoms with Gasteiger partial charge in [0.1, 0.15) is 5.82 Å². The number of aromatic nitrogens is 1. The summed E-state index contributed by atoms with van der Waals surface area (Å²) in [5.41, 5.74) is 2.60. The van der Waals surface area contributed by atoms with Gasteiger partial charge >= 0.3 is 0 Å². The molecule has 0 spiro atoms. The van der Waals surface area contributed by atoms with Gasteiger partial charge in [-0.1, -0.05) is 12.1 Å². The maximum Gasteiger partial charge on any atom is 0.256 e. The average molecular weight is 300 g/mol. The van der Waals surface area contributed by atoms with Crippen molar-refractivity contribution in [2.24, 2.45) is 7.05 Å². The lowest BCUT2D eigenvalue weighted by molar-refractivity contribution is 0.0610. The summed E-state index contributed by atoms with van der Waals surface area (Å²) >= 11 is 0. The minimum absolute atomic E-state index is 0.0310. The highest BCUT2D eigenvalue weighted by molar-refractivity contribution is 5.95. The summed E-state index contributed by atoms with van der Waals surface area (Å²) in [4.78, 5) is 14.8. The Hall–Kier alpha value is -2.10. The molecule has 22 heavy (non-hydrogen) atoms. The molecule has 0 bridgehead atoms. The summed E-state index contributed by atoms with van der Waals surface area (Å²) in [6.45, 7) is 2.68. The van der Waals surface area contributed by atoms with E-state index >= 15 is 0 Å². The zero-order valence-electron chi connectivity index (χ0n) is 13.1. The van der Waals surface area contributed by atoms with Crippen molar-refractivity contribution in [3.8, 4) is 0 Å². The van der Waals surface area contributed by atoms with E-state index in [0.29, 0.717) is 0 Å². The number of hydrogen-bond acceptors (Lipinski definition) is 1. The van der Waals surface area contributed by atoms with Crippen molar-refractivity contribution in [1.82, 2.24) is 9.47 Å². The maximum absolute atomic E-state index is 13.5. The molecule has 1 aromatic heterocycles. The fourth-order valence-corrected chi connectivity index (χ4v) is 3.22. The highest BCUT2D eigenvalue weighted by Crippen LogP contribution is 2.32. The Kier molecular flexibility index (Phi) is 4.01. The molecular weight excluding hydrogens is 279 g/mol. The third-order valence-corrected chi connectivity index (χ3v) is 4.61. The Morgan fingerprint density at radius 3 is 2.77 bits per heavy atom. The summed E-state index contributed by atoms with van der Waals surface area (Å²) in [6.07, 6.45) is 4.87. The molecule has 1 saturated heterocycles. The second-order valence-corrected chi connectivity index (χ2v) is 5.99. The van der Waals surface area contributed by atoms with Crippen molar-refractivity contribution in [1.29, 1.82) is 0 Å². The van der Waals surface area contributed by atoms with Crippen LogP contribution in [0.2, 0.25) is 0 Å². The zero-order valence-corrected chi connectivity index (χ0v) is 13.1. The lowest BCUT2D eigenvalue weighted by atomic mass is 9.94. The van der Waals surface area contributed by atoms with Crippen LogP contribution in [0.25, 0.3) is 0 Å². The number of likely N-dealkylation sites (tertiary alicyclic amines) is 1. The van der Waals surface area contributed by atoms with Gasteiger partial charge in [-0.25, -0.2) is 4.39 Å². The van der Waals surface area contributed by atoms with Gasteiger partial charge in [0, 0.05) is 25.5 Å². The van der Waals surface area contributed by atoms with Crippen LogP contribution in [0.15, 0.2) is 36.5 Å². The van der Waals surface area contributed by atoms with Crippen LogP contribution in [0.4, 0.5) is 4.39 Å². The predicted molar refractivity (Wildman–Crippen MR) is 84.2 cm³/mol. The molecule has 4 heteroatoms. The molecule has 2 heterocycles.